The highest BCUT2D eigenvalue weighted by Gasteiger charge is 2.12. The van der Waals surface area contributed by atoms with Gasteiger partial charge in [0.25, 0.3) is 5.91 Å². The first-order chi connectivity index (χ1) is 13.0. The summed E-state index contributed by atoms with van der Waals surface area (Å²) < 4.78 is 13.7. The molecule has 3 aromatic rings. The van der Waals surface area contributed by atoms with Crippen LogP contribution in [0.15, 0.2) is 54.7 Å². The standard InChI is InChI=1S/C20H18ClFN4O/c1-13-16(19(27)23-10-14-6-2-4-8-17(14)21)12-25-20(26-13)24-11-15-7-3-5-9-18(15)22/h2-9,12H,10-11H2,1H3,(H,23,27)(H,24,25,26). The van der Waals surface area contributed by atoms with Crippen LogP contribution in [-0.2, 0) is 13.1 Å². The smallest absolute Gasteiger partial charge is 0.254 e. The van der Waals surface area contributed by atoms with E-state index in [9.17, 15) is 9.18 Å². The normalized spacial score (nSPS) is 10.5. The number of hydrogen-bond donors (Lipinski definition) is 2. The van der Waals surface area contributed by atoms with E-state index in [0.29, 0.717) is 34.3 Å². The third kappa shape index (κ3) is 4.80. The number of nitrogens with zero attached hydrogens (tertiary/aromatic N) is 2. The Kier molecular flexibility index (Phi) is 5.98. The average molecular weight is 385 g/mol. The average Bonchev–Trinajstić information content (AvgIpc) is 2.66. The van der Waals surface area contributed by atoms with Crippen LogP contribution in [0, 0.1) is 12.7 Å². The van der Waals surface area contributed by atoms with E-state index in [1.54, 1.807) is 31.2 Å². The SMILES string of the molecule is Cc1nc(NCc2ccccc2F)ncc1C(=O)NCc1ccccc1Cl. The number of hydrogen-bond acceptors (Lipinski definition) is 4. The molecule has 5 nitrogen and oxygen atoms in total. The summed E-state index contributed by atoms with van der Waals surface area (Å²) in [7, 11) is 0. The Balaban J connectivity index is 1.63. The van der Waals surface area contributed by atoms with Crippen LogP contribution in [0.5, 0.6) is 0 Å². The molecule has 0 fully saturated rings. The summed E-state index contributed by atoms with van der Waals surface area (Å²) in [5.41, 5.74) is 2.24. The van der Waals surface area contributed by atoms with Gasteiger partial charge in [-0.2, -0.15) is 0 Å². The Bertz CT molecular complexity index is 964. The van der Waals surface area contributed by atoms with E-state index in [1.807, 2.05) is 18.2 Å². The largest absolute Gasteiger partial charge is 0.350 e. The number of halogens is 2. The van der Waals surface area contributed by atoms with Crippen LogP contribution in [0.3, 0.4) is 0 Å². The molecule has 1 heterocycles. The minimum atomic E-state index is -0.294. The zero-order valence-corrected chi connectivity index (χ0v) is 15.4. The monoisotopic (exact) mass is 384 g/mol. The molecular weight excluding hydrogens is 367 g/mol. The minimum absolute atomic E-state index is 0.254. The highest BCUT2D eigenvalue weighted by molar-refractivity contribution is 6.31. The number of aromatic nitrogens is 2. The molecule has 0 saturated heterocycles. The van der Waals surface area contributed by atoms with Crippen LogP contribution < -0.4 is 10.6 Å². The van der Waals surface area contributed by atoms with Crippen molar-refractivity contribution in [1.29, 1.82) is 0 Å². The van der Waals surface area contributed by atoms with Crippen LogP contribution in [0.1, 0.15) is 27.2 Å². The van der Waals surface area contributed by atoms with Gasteiger partial charge in [0, 0.05) is 29.9 Å². The molecule has 138 valence electrons. The fourth-order valence-corrected chi connectivity index (χ4v) is 2.71. The molecule has 0 spiro atoms. The third-order valence-electron chi connectivity index (χ3n) is 4.02. The quantitative estimate of drug-likeness (QED) is 0.671. The van der Waals surface area contributed by atoms with Gasteiger partial charge in [-0.3, -0.25) is 4.79 Å². The molecule has 0 atom stereocenters. The van der Waals surface area contributed by atoms with Crippen LogP contribution in [0.25, 0.3) is 0 Å². The summed E-state index contributed by atoms with van der Waals surface area (Å²) in [6.45, 7) is 2.29. The van der Waals surface area contributed by atoms with E-state index in [1.165, 1.54) is 12.3 Å². The van der Waals surface area contributed by atoms with Gasteiger partial charge in [0.1, 0.15) is 5.82 Å². The van der Waals surface area contributed by atoms with Crippen LogP contribution in [0.2, 0.25) is 5.02 Å². The summed E-state index contributed by atoms with van der Waals surface area (Å²) in [6.07, 6.45) is 1.45. The lowest BCUT2D eigenvalue weighted by Crippen LogP contribution is -2.24. The number of anilines is 1. The molecule has 27 heavy (non-hydrogen) atoms. The topological polar surface area (TPSA) is 66.9 Å². The van der Waals surface area contributed by atoms with Crippen molar-refractivity contribution in [2.75, 3.05) is 5.32 Å². The molecule has 0 radical (unpaired) electrons. The molecule has 1 aromatic heterocycles. The molecule has 0 saturated carbocycles. The first kappa shape index (κ1) is 18.8. The maximum atomic E-state index is 13.7. The fourth-order valence-electron chi connectivity index (χ4n) is 2.50. The van der Waals surface area contributed by atoms with Crippen LogP contribution in [-0.4, -0.2) is 15.9 Å². The van der Waals surface area contributed by atoms with Crippen LogP contribution >= 0.6 is 11.6 Å². The number of benzene rings is 2. The zero-order chi connectivity index (χ0) is 19.2. The van der Waals surface area contributed by atoms with E-state index < -0.39 is 0 Å². The van der Waals surface area contributed by atoms with Gasteiger partial charge in [0.2, 0.25) is 5.95 Å². The van der Waals surface area contributed by atoms with Crippen molar-refractivity contribution in [3.63, 3.8) is 0 Å². The predicted octanol–water partition coefficient (Wildman–Crippen LogP) is 4.12. The maximum absolute atomic E-state index is 13.7. The Morgan fingerprint density at radius 3 is 2.48 bits per heavy atom. The highest BCUT2D eigenvalue weighted by Crippen LogP contribution is 2.15. The van der Waals surface area contributed by atoms with Gasteiger partial charge in [-0.05, 0) is 24.6 Å². The first-order valence-corrected chi connectivity index (χ1v) is 8.75. The molecule has 1 amide bonds. The van der Waals surface area contributed by atoms with E-state index in [4.69, 9.17) is 11.6 Å². The van der Waals surface area contributed by atoms with Crippen molar-refractivity contribution in [3.05, 3.63) is 88.0 Å². The Hall–Kier alpha value is -2.99. The lowest BCUT2D eigenvalue weighted by Gasteiger charge is -2.10. The molecule has 2 aromatic carbocycles. The number of aryl methyl sites for hydroxylation is 1. The second-order valence-electron chi connectivity index (χ2n) is 5.91. The van der Waals surface area contributed by atoms with Crippen molar-refractivity contribution in [1.82, 2.24) is 15.3 Å². The van der Waals surface area contributed by atoms with Gasteiger partial charge in [-0.25, -0.2) is 14.4 Å². The van der Waals surface area contributed by atoms with Crippen molar-refractivity contribution < 1.29 is 9.18 Å². The molecule has 0 bridgehead atoms. The molecule has 0 unspecified atom stereocenters. The first-order valence-electron chi connectivity index (χ1n) is 8.37. The summed E-state index contributed by atoms with van der Waals surface area (Å²) in [4.78, 5) is 20.8. The van der Waals surface area contributed by atoms with Crippen LogP contribution in [0.4, 0.5) is 10.3 Å². The highest BCUT2D eigenvalue weighted by atomic mass is 35.5. The van der Waals surface area contributed by atoms with Gasteiger partial charge in [-0.1, -0.05) is 48.0 Å². The van der Waals surface area contributed by atoms with Crippen molar-refractivity contribution in [2.45, 2.75) is 20.0 Å². The molecular formula is C20H18ClFN4O. The lowest BCUT2D eigenvalue weighted by atomic mass is 10.2. The second-order valence-corrected chi connectivity index (χ2v) is 6.32. The van der Waals surface area contributed by atoms with Gasteiger partial charge in [-0.15, -0.1) is 0 Å². The number of rotatable bonds is 6. The zero-order valence-electron chi connectivity index (χ0n) is 14.7. The molecule has 7 heteroatoms. The Labute approximate surface area is 161 Å². The summed E-state index contributed by atoms with van der Waals surface area (Å²) in [5.74, 6) is -0.247. The fraction of sp³-hybridized carbons (Fsp3) is 0.150. The van der Waals surface area contributed by atoms with Gasteiger partial charge < -0.3 is 10.6 Å². The van der Waals surface area contributed by atoms with E-state index in [2.05, 4.69) is 20.6 Å². The van der Waals surface area contributed by atoms with Crippen molar-refractivity contribution >= 4 is 23.5 Å². The van der Waals surface area contributed by atoms with E-state index in [0.717, 1.165) is 5.56 Å². The summed E-state index contributed by atoms with van der Waals surface area (Å²) in [5, 5.41) is 6.37. The molecule has 2 N–H and O–H groups in total. The van der Waals surface area contributed by atoms with Gasteiger partial charge in [0.15, 0.2) is 0 Å². The number of nitrogens with one attached hydrogen (secondary N) is 2. The lowest BCUT2D eigenvalue weighted by molar-refractivity contribution is 0.0949. The van der Waals surface area contributed by atoms with Crippen molar-refractivity contribution in [3.8, 4) is 0 Å². The predicted molar refractivity (Wildman–Crippen MR) is 103 cm³/mol. The molecule has 3 rings (SSSR count). The van der Waals surface area contributed by atoms with Gasteiger partial charge >= 0.3 is 0 Å². The maximum Gasteiger partial charge on any atom is 0.254 e. The summed E-state index contributed by atoms with van der Waals surface area (Å²) >= 11 is 6.09. The number of amides is 1. The van der Waals surface area contributed by atoms with Crippen molar-refractivity contribution in [2.24, 2.45) is 0 Å². The molecule has 0 aliphatic rings. The Morgan fingerprint density at radius 1 is 1.07 bits per heavy atom. The Morgan fingerprint density at radius 2 is 1.78 bits per heavy atom. The summed E-state index contributed by atoms with van der Waals surface area (Å²) in [6, 6.07) is 13.8. The van der Waals surface area contributed by atoms with E-state index >= 15 is 0 Å². The molecule has 0 aliphatic heterocycles. The second kappa shape index (κ2) is 8.60. The van der Waals surface area contributed by atoms with Gasteiger partial charge in [0.05, 0.1) is 11.3 Å². The molecule has 0 aliphatic carbocycles. The number of carbonyl (C=O) groups is 1. The van der Waals surface area contributed by atoms with E-state index in [-0.39, 0.29) is 18.3 Å². The third-order valence-corrected chi connectivity index (χ3v) is 4.38. The minimum Gasteiger partial charge on any atom is -0.350 e. The number of carbonyl (C=O) groups excluding carboxylic acids is 1.